The maximum atomic E-state index is 9.19. The van der Waals surface area contributed by atoms with Gasteiger partial charge in [0.15, 0.2) is 0 Å². The molecular formula is C13H21NO. The average Bonchev–Trinajstić information content (AvgIpc) is 2.27. The van der Waals surface area contributed by atoms with Gasteiger partial charge in [-0.3, -0.25) is 0 Å². The quantitative estimate of drug-likeness (QED) is 0.777. The lowest BCUT2D eigenvalue weighted by Gasteiger charge is -2.22. The van der Waals surface area contributed by atoms with E-state index in [1.165, 1.54) is 12.0 Å². The third-order valence-electron chi connectivity index (χ3n) is 3.09. The first-order chi connectivity index (χ1) is 7.17. The molecule has 0 radical (unpaired) electrons. The molecular weight excluding hydrogens is 186 g/mol. The summed E-state index contributed by atoms with van der Waals surface area (Å²) >= 11 is 0. The van der Waals surface area contributed by atoms with Gasteiger partial charge in [0.1, 0.15) is 5.75 Å². The number of rotatable bonds is 5. The molecule has 0 aliphatic carbocycles. The van der Waals surface area contributed by atoms with Gasteiger partial charge in [-0.15, -0.1) is 0 Å². The average molecular weight is 207 g/mol. The summed E-state index contributed by atoms with van der Waals surface area (Å²) in [4.78, 5) is 0. The Morgan fingerprint density at radius 3 is 2.33 bits per heavy atom. The maximum Gasteiger partial charge on any atom is 0.115 e. The third-order valence-corrected chi connectivity index (χ3v) is 3.09. The molecule has 0 aliphatic heterocycles. The van der Waals surface area contributed by atoms with Crippen LogP contribution in [0.25, 0.3) is 0 Å². The van der Waals surface area contributed by atoms with E-state index in [9.17, 15) is 5.11 Å². The van der Waals surface area contributed by atoms with Crippen molar-refractivity contribution in [2.45, 2.75) is 32.7 Å². The highest BCUT2D eigenvalue weighted by molar-refractivity contribution is 5.26. The van der Waals surface area contributed by atoms with Crippen molar-refractivity contribution in [3.8, 4) is 5.75 Å². The summed E-state index contributed by atoms with van der Waals surface area (Å²) in [5, 5.41) is 12.5. The van der Waals surface area contributed by atoms with Crippen molar-refractivity contribution in [1.82, 2.24) is 5.32 Å². The van der Waals surface area contributed by atoms with Gasteiger partial charge >= 0.3 is 0 Å². The van der Waals surface area contributed by atoms with E-state index in [0.717, 1.165) is 6.42 Å². The Morgan fingerprint density at radius 2 is 1.87 bits per heavy atom. The van der Waals surface area contributed by atoms with Gasteiger partial charge in [0.05, 0.1) is 0 Å². The molecule has 2 heteroatoms. The molecule has 2 unspecified atom stereocenters. The molecule has 0 saturated heterocycles. The molecule has 0 aliphatic rings. The third kappa shape index (κ3) is 3.56. The van der Waals surface area contributed by atoms with E-state index >= 15 is 0 Å². The predicted octanol–water partition coefficient (Wildman–Crippen LogP) is 2.57. The highest BCUT2D eigenvalue weighted by atomic mass is 16.3. The molecule has 0 amide bonds. The number of phenolic OH excluding ortho intramolecular Hbond substituents is 1. The minimum atomic E-state index is 0.336. The minimum absolute atomic E-state index is 0.336. The Labute approximate surface area is 92.3 Å². The summed E-state index contributed by atoms with van der Waals surface area (Å²) in [7, 11) is 2.01. The molecule has 2 atom stereocenters. The fraction of sp³-hybridized carbons (Fsp3) is 0.538. The number of benzene rings is 1. The summed E-state index contributed by atoms with van der Waals surface area (Å²) in [6.07, 6.45) is 2.20. The van der Waals surface area contributed by atoms with Crippen LogP contribution in [0.2, 0.25) is 0 Å². The van der Waals surface area contributed by atoms with Gasteiger partial charge in [-0.25, -0.2) is 0 Å². The molecule has 15 heavy (non-hydrogen) atoms. The summed E-state index contributed by atoms with van der Waals surface area (Å²) < 4.78 is 0. The van der Waals surface area contributed by atoms with Crippen LogP contribution in [-0.2, 0) is 6.42 Å². The van der Waals surface area contributed by atoms with Crippen molar-refractivity contribution in [1.29, 1.82) is 0 Å². The first-order valence-corrected chi connectivity index (χ1v) is 5.62. The van der Waals surface area contributed by atoms with Crippen LogP contribution in [0.15, 0.2) is 24.3 Å². The zero-order valence-corrected chi connectivity index (χ0v) is 9.83. The number of hydrogen-bond donors (Lipinski definition) is 2. The fourth-order valence-electron chi connectivity index (χ4n) is 1.76. The van der Waals surface area contributed by atoms with E-state index in [1.54, 1.807) is 12.1 Å². The second kappa shape index (κ2) is 5.76. The van der Waals surface area contributed by atoms with Crippen LogP contribution in [0.3, 0.4) is 0 Å². The number of hydrogen-bond acceptors (Lipinski definition) is 2. The minimum Gasteiger partial charge on any atom is -0.508 e. The summed E-state index contributed by atoms with van der Waals surface area (Å²) in [5.41, 5.74) is 1.27. The Hall–Kier alpha value is -1.02. The maximum absolute atomic E-state index is 9.19. The summed E-state index contributed by atoms with van der Waals surface area (Å²) in [6.45, 7) is 4.48. The van der Waals surface area contributed by atoms with Crippen LogP contribution in [-0.4, -0.2) is 18.2 Å². The Kier molecular flexibility index (Phi) is 4.63. The second-order valence-electron chi connectivity index (χ2n) is 4.15. The Bertz CT molecular complexity index is 281. The Balaban J connectivity index is 2.62. The number of nitrogens with one attached hydrogen (secondary N) is 1. The van der Waals surface area contributed by atoms with Gasteiger partial charge in [-0.1, -0.05) is 32.4 Å². The van der Waals surface area contributed by atoms with E-state index in [-0.39, 0.29) is 0 Å². The monoisotopic (exact) mass is 207 g/mol. The van der Waals surface area contributed by atoms with Crippen LogP contribution >= 0.6 is 0 Å². The topological polar surface area (TPSA) is 32.3 Å². The smallest absolute Gasteiger partial charge is 0.115 e. The van der Waals surface area contributed by atoms with Gasteiger partial charge in [0, 0.05) is 6.04 Å². The first-order valence-electron chi connectivity index (χ1n) is 5.62. The van der Waals surface area contributed by atoms with Crippen molar-refractivity contribution < 1.29 is 5.11 Å². The van der Waals surface area contributed by atoms with Crippen molar-refractivity contribution in [3.05, 3.63) is 29.8 Å². The second-order valence-corrected chi connectivity index (χ2v) is 4.15. The largest absolute Gasteiger partial charge is 0.508 e. The van der Waals surface area contributed by atoms with Crippen molar-refractivity contribution in [2.75, 3.05) is 7.05 Å². The van der Waals surface area contributed by atoms with Crippen molar-refractivity contribution >= 4 is 0 Å². The van der Waals surface area contributed by atoms with Crippen LogP contribution < -0.4 is 5.32 Å². The molecule has 2 N–H and O–H groups in total. The number of phenols is 1. The lowest BCUT2D eigenvalue weighted by atomic mass is 9.93. The van der Waals surface area contributed by atoms with Crippen molar-refractivity contribution in [3.63, 3.8) is 0 Å². The highest BCUT2D eigenvalue weighted by Gasteiger charge is 2.13. The van der Waals surface area contributed by atoms with Crippen LogP contribution in [0.4, 0.5) is 0 Å². The van der Waals surface area contributed by atoms with Crippen LogP contribution in [0.5, 0.6) is 5.75 Å². The lowest BCUT2D eigenvalue weighted by Crippen LogP contribution is -2.33. The molecule has 0 saturated carbocycles. The van der Waals surface area contributed by atoms with E-state index in [4.69, 9.17) is 0 Å². The predicted molar refractivity (Wildman–Crippen MR) is 64.1 cm³/mol. The fourth-order valence-corrected chi connectivity index (χ4v) is 1.76. The summed E-state index contributed by atoms with van der Waals surface area (Å²) in [6, 6.07) is 7.99. The molecule has 0 fully saturated rings. The highest BCUT2D eigenvalue weighted by Crippen LogP contribution is 2.15. The van der Waals surface area contributed by atoms with Crippen LogP contribution in [0.1, 0.15) is 25.8 Å². The van der Waals surface area contributed by atoms with Gasteiger partial charge in [0.25, 0.3) is 0 Å². The molecule has 1 aromatic carbocycles. The Morgan fingerprint density at radius 1 is 1.27 bits per heavy atom. The van der Waals surface area contributed by atoms with Gasteiger partial charge in [0.2, 0.25) is 0 Å². The molecule has 0 heterocycles. The molecule has 0 spiro atoms. The molecule has 1 aromatic rings. The number of aromatic hydroxyl groups is 1. The van der Waals surface area contributed by atoms with E-state index in [0.29, 0.717) is 17.7 Å². The zero-order chi connectivity index (χ0) is 11.3. The molecule has 0 bridgehead atoms. The van der Waals surface area contributed by atoms with Gasteiger partial charge in [-0.2, -0.15) is 0 Å². The number of likely N-dealkylation sites (N-methyl/N-ethyl adjacent to an activating group) is 1. The standard InChI is InChI=1S/C13H21NO/c1-4-10(2)13(14-3)9-11-5-7-12(15)8-6-11/h5-8,10,13-15H,4,9H2,1-3H3. The summed E-state index contributed by atoms with van der Waals surface area (Å²) in [5.74, 6) is 1.01. The normalized spacial score (nSPS) is 14.9. The van der Waals surface area contributed by atoms with E-state index in [1.807, 2.05) is 19.2 Å². The molecule has 0 aromatic heterocycles. The first kappa shape index (κ1) is 12.1. The van der Waals surface area contributed by atoms with Crippen LogP contribution in [0, 0.1) is 5.92 Å². The zero-order valence-electron chi connectivity index (χ0n) is 9.83. The van der Waals surface area contributed by atoms with Crippen molar-refractivity contribution in [2.24, 2.45) is 5.92 Å². The lowest BCUT2D eigenvalue weighted by molar-refractivity contribution is 0.386. The molecule has 2 nitrogen and oxygen atoms in total. The van der Waals surface area contributed by atoms with E-state index in [2.05, 4.69) is 19.2 Å². The SMILES string of the molecule is CCC(C)C(Cc1ccc(O)cc1)NC. The van der Waals surface area contributed by atoms with Gasteiger partial charge < -0.3 is 10.4 Å². The molecule has 1 rings (SSSR count). The molecule has 84 valence electrons. The van der Waals surface area contributed by atoms with Gasteiger partial charge in [-0.05, 0) is 37.1 Å². The van der Waals surface area contributed by atoms with E-state index < -0.39 is 0 Å².